The molecule has 0 radical (unpaired) electrons. The van der Waals surface area contributed by atoms with Gasteiger partial charge in [0.1, 0.15) is 5.69 Å². The molecule has 0 bridgehead atoms. The van der Waals surface area contributed by atoms with Gasteiger partial charge in [0.05, 0.1) is 9.82 Å². The lowest BCUT2D eigenvalue weighted by atomic mass is 10.0. The summed E-state index contributed by atoms with van der Waals surface area (Å²) in [5.74, 6) is 1.25. The number of hydrogen-bond donors (Lipinski definition) is 3. The molecule has 1 aromatic carbocycles. The number of nitrogens with one attached hydrogen (secondary N) is 3. The van der Waals surface area contributed by atoms with Crippen LogP contribution in [0.2, 0.25) is 0 Å². The van der Waals surface area contributed by atoms with E-state index in [-0.39, 0.29) is 16.3 Å². The van der Waals surface area contributed by atoms with E-state index in [4.69, 9.17) is 0 Å². The Hall–Kier alpha value is -2.36. The number of hydrogen-bond acceptors (Lipinski definition) is 6. The molecule has 0 spiro atoms. The molecule has 0 aliphatic carbocycles. The molecule has 1 rings (SSSR count). The molecular weight excluding hydrogens is 382 g/mol. The number of rotatable bonds is 11. The van der Waals surface area contributed by atoms with Gasteiger partial charge < -0.3 is 16.0 Å². The number of aliphatic imine (C=N–C) groups is 1. The summed E-state index contributed by atoms with van der Waals surface area (Å²) in [4.78, 5) is 15.2. The average molecular weight is 414 g/mol. The van der Waals surface area contributed by atoms with Gasteiger partial charge in [-0.05, 0) is 25.0 Å². The third-order valence-corrected chi connectivity index (χ3v) is 5.44. The van der Waals surface area contributed by atoms with Crippen molar-refractivity contribution in [2.45, 2.75) is 38.5 Å². The second-order valence-electron chi connectivity index (χ2n) is 6.46. The third kappa shape index (κ3) is 7.71. The highest BCUT2D eigenvalue weighted by Crippen LogP contribution is 2.27. The van der Waals surface area contributed by atoms with Crippen LogP contribution in [0.15, 0.2) is 28.1 Å². The molecular formula is C18H31N5O4S. The van der Waals surface area contributed by atoms with Crippen molar-refractivity contribution >= 4 is 27.2 Å². The van der Waals surface area contributed by atoms with E-state index in [0.717, 1.165) is 38.3 Å². The van der Waals surface area contributed by atoms with Gasteiger partial charge in [0.15, 0.2) is 15.8 Å². The van der Waals surface area contributed by atoms with Crippen molar-refractivity contribution in [3.63, 3.8) is 0 Å². The Morgan fingerprint density at radius 2 is 1.86 bits per heavy atom. The van der Waals surface area contributed by atoms with Gasteiger partial charge in [-0.1, -0.05) is 26.7 Å². The smallest absolute Gasteiger partial charge is 0.293 e. The van der Waals surface area contributed by atoms with Gasteiger partial charge in [-0.15, -0.1) is 0 Å². The molecule has 0 aliphatic heterocycles. The van der Waals surface area contributed by atoms with Crippen molar-refractivity contribution in [2.75, 3.05) is 37.8 Å². The maximum atomic E-state index is 11.6. The van der Waals surface area contributed by atoms with Gasteiger partial charge in [0.2, 0.25) is 0 Å². The molecule has 0 heterocycles. The number of benzene rings is 1. The summed E-state index contributed by atoms with van der Waals surface area (Å²) in [6.45, 7) is 8.67. The fourth-order valence-corrected chi connectivity index (χ4v) is 3.17. The highest BCUT2D eigenvalue weighted by Gasteiger charge is 2.18. The monoisotopic (exact) mass is 413 g/mol. The zero-order valence-electron chi connectivity index (χ0n) is 17.0. The molecule has 0 unspecified atom stereocenters. The standard InChI is InChI=1S/C18H31N5O4S/c1-5-14(6-2)13-22-18(19-7-3)21-11-10-20-16-9-8-15(28(4,26)27)12-17(16)23(24)25/h8-9,12,14,20H,5-7,10-11,13H2,1-4H3,(H2,19,21,22). The van der Waals surface area contributed by atoms with Crippen LogP contribution in [-0.2, 0) is 9.84 Å². The molecule has 158 valence electrons. The van der Waals surface area contributed by atoms with Crippen LogP contribution in [0, 0.1) is 16.0 Å². The van der Waals surface area contributed by atoms with Crippen LogP contribution in [0.5, 0.6) is 0 Å². The van der Waals surface area contributed by atoms with Gasteiger partial charge in [-0.2, -0.15) is 0 Å². The summed E-state index contributed by atoms with van der Waals surface area (Å²) in [7, 11) is -3.50. The Morgan fingerprint density at radius 3 is 2.39 bits per heavy atom. The van der Waals surface area contributed by atoms with E-state index in [1.54, 1.807) is 0 Å². The summed E-state index contributed by atoms with van der Waals surface area (Å²) in [6.07, 6.45) is 3.18. The molecule has 0 saturated carbocycles. The minimum atomic E-state index is -3.50. The molecule has 9 nitrogen and oxygen atoms in total. The van der Waals surface area contributed by atoms with E-state index < -0.39 is 14.8 Å². The lowest BCUT2D eigenvalue weighted by Gasteiger charge is -2.14. The topological polar surface area (TPSA) is 126 Å². The average Bonchev–Trinajstić information content (AvgIpc) is 2.64. The molecule has 0 amide bonds. The van der Waals surface area contributed by atoms with Crippen LogP contribution in [0.1, 0.15) is 33.6 Å². The van der Waals surface area contributed by atoms with Gasteiger partial charge in [0, 0.05) is 38.5 Å². The van der Waals surface area contributed by atoms with Gasteiger partial charge in [-0.25, -0.2) is 8.42 Å². The van der Waals surface area contributed by atoms with Crippen molar-refractivity contribution in [1.82, 2.24) is 10.6 Å². The first-order chi connectivity index (χ1) is 13.2. The van der Waals surface area contributed by atoms with E-state index in [1.165, 1.54) is 12.1 Å². The van der Waals surface area contributed by atoms with E-state index in [2.05, 4.69) is 34.8 Å². The van der Waals surface area contributed by atoms with Crippen LogP contribution >= 0.6 is 0 Å². The number of nitro groups is 1. The summed E-state index contributed by atoms with van der Waals surface area (Å²) in [5, 5.41) is 20.6. The molecule has 0 aromatic heterocycles. The minimum absolute atomic E-state index is 0.0779. The molecule has 28 heavy (non-hydrogen) atoms. The quantitative estimate of drug-likeness (QED) is 0.167. The van der Waals surface area contributed by atoms with Gasteiger partial charge in [0.25, 0.3) is 5.69 Å². The first-order valence-electron chi connectivity index (χ1n) is 9.47. The fraction of sp³-hybridized carbons (Fsp3) is 0.611. The second-order valence-corrected chi connectivity index (χ2v) is 8.48. The van der Waals surface area contributed by atoms with Crippen LogP contribution in [-0.4, -0.2) is 51.7 Å². The van der Waals surface area contributed by atoms with Crippen LogP contribution < -0.4 is 16.0 Å². The van der Waals surface area contributed by atoms with E-state index >= 15 is 0 Å². The Kier molecular flexibility index (Phi) is 9.70. The zero-order chi connectivity index (χ0) is 21.2. The minimum Gasteiger partial charge on any atom is -0.378 e. The van der Waals surface area contributed by atoms with Gasteiger partial charge >= 0.3 is 0 Å². The maximum Gasteiger partial charge on any atom is 0.293 e. The Balaban J connectivity index is 2.71. The van der Waals surface area contributed by atoms with Crippen molar-refractivity contribution in [3.8, 4) is 0 Å². The van der Waals surface area contributed by atoms with E-state index in [0.29, 0.717) is 25.0 Å². The SMILES string of the molecule is CCNC(=NCC(CC)CC)NCCNc1ccc(S(C)(=O)=O)cc1[N+](=O)[O-]. The normalized spacial score (nSPS) is 12.1. The number of nitrogens with zero attached hydrogens (tertiary/aromatic N) is 2. The molecule has 1 aromatic rings. The van der Waals surface area contributed by atoms with E-state index in [9.17, 15) is 18.5 Å². The number of sulfone groups is 1. The first kappa shape index (κ1) is 23.7. The number of nitro benzene ring substituents is 1. The molecule has 0 fully saturated rings. The summed E-state index contributed by atoms with van der Waals surface area (Å²) >= 11 is 0. The Labute approximate surface area is 167 Å². The second kappa shape index (κ2) is 11.5. The molecule has 3 N–H and O–H groups in total. The Morgan fingerprint density at radius 1 is 1.18 bits per heavy atom. The fourth-order valence-electron chi connectivity index (χ4n) is 2.53. The molecule has 0 aliphatic rings. The largest absolute Gasteiger partial charge is 0.378 e. The first-order valence-corrected chi connectivity index (χ1v) is 11.4. The van der Waals surface area contributed by atoms with Crippen LogP contribution in [0.25, 0.3) is 0 Å². The number of anilines is 1. The number of guanidine groups is 1. The van der Waals surface area contributed by atoms with Crippen LogP contribution in [0.3, 0.4) is 0 Å². The molecule has 0 saturated heterocycles. The lowest BCUT2D eigenvalue weighted by Crippen LogP contribution is -2.39. The van der Waals surface area contributed by atoms with Gasteiger partial charge in [-0.3, -0.25) is 15.1 Å². The summed E-state index contributed by atoms with van der Waals surface area (Å²) in [6, 6.07) is 3.85. The highest BCUT2D eigenvalue weighted by atomic mass is 32.2. The van der Waals surface area contributed by atoms with Crippen molar-refractivity contribution in [3.05, 3.63) is 28.3 Å². The van der Waals surface area contributed by atoms with Crippen molar-refractivity contribution < 1.29 is 13.3 Å². The lowest BCUT2D eigenvalue weighted by molar-refractivity contribution is -0.384. The van der Waals surface area contributed by atoms with E-state index in [1.807, 2.05) is 6.92 Å². The van der Waals surface area contributed by atoms with Crippen molar-refractivity contribution in [1.29, 1.82) is 0 Å². The summed E-state index contributed by atoms with van der Waals surface area (Å²) in [5.41, 5.74) is 0.00963. The molecule has 10 heteroatoms. The zero-order valence-corrected chi connectivity index (χ0v) is 17.8. The van der Waals surface area contributed by atoms with Crippen LogP contribution in [0.4, 0.5) is 11.4 Å². The summed E-state index contributed by atoms with van der Waals surface area (Å²) < 4.78 is 23.2. The highest BCUT2D eigenvalue weighted by molar-refractivity contribution is 7.90. The predicted molar refractivity (Wildman–Crippen MR) is 113 cm³/mol. The third-order valence-electron chi connectivity index (χ3n) is 4.33. The predicted octanol–water partition coefficient (Wildman–Crippen LogP) is 2.40. The maximum absolute atomic E-state index is 11.6. The molecule has 0 atom stereocenters. The van der Waals surface area contributed by atoms with Crippen molar-refractivity contribution in [2.24, 2.45) is 10.9 Å². The Bertz CT molecular complexity index is 776.